The Hall–Kier alpha value is -0.240. The van der Waals surface area contributed by atoms with Gasteiger partial charge < -0.3 is 25.2 Å². The second-order valence-corrected chi connectivity index (χ2v) is 3.94. The predicted octanol–water partition coefficient (Wildman–Crippen LogP) is -1.87. The van der Waals surface area contributed by atoms with Gasteiger partial charge in [-0.15, -0.1) is 0 Å². The van der Waals surface area contributed by atoms with E-state index in [2.05, 4.69) is 0 Å². The zero-order valence-electron chi connectivity index (χ0n) is 9.65. The summed E-state index contributed by atoms with van der Waals surface area (Å²) in [4.78, 5) is 1.86. The third kappa shape index (κ3) is 2.53. The topological polar surface area (TPSA) is 93.4 Å². The van der Waals surface area contributed by atoms with Crippen molar-refractivity contribution >= 4 is 0 Å². The van der Waals surface area contributed by atoms with Crippen molar-refractivity contribution < 1.29 is 25.2 Å². The van der Waals surface area contributed by atoms with Crippen molar-refractivity contribution in [1.29, 1.82) is 0 Å². The van der Waals surface area contributed by atoms with Gasteiger partial charge in [-0.2, -0.15) is 0 Å². The zero-order valence-corrected chi connectivity index (χ0v) is 9.65. The van der Waals surface area contributed by atoms with Crippen LogP contribution in [0.15, 0.2) is 0 Å². The fourth-order valence-corrected chi connectivity index (χ4v) is 2.15. The molecule has 1 saturated heterocycles. The van der Waals surface area contributed by atoms with E-state index in [1.54, 1.807) is 0 Å². The van der Waals surface area contributed by atoms with Gasteiger partial charge in [0.2, 0.25) is 0 Å². The normalized spacial score (nSPS) is 36.9. The molecule has 0 amide bonds. The number of nitrogens with zero attached hydrogens (tertiary/aromatic N) is 1. The Kier molecular flexibility index (Phi) is 5.10. The zero-order chi connectivity index (χ0) is 12.3. The van der Waals surface area contributed by atoms with E-state index in [4.69, 9.17) is 9.84 Å². The molecule has 2 unspecified atom stereocenters. The van der Waals surface area contributed by atoms with Crippen molar-refractivity contribution in [2.75, 3.05) is 19.7 Å². The molecule has 0 aromatic heterocycles. The molecular formula is C10H21NO5. The van der Waals surface area contributed by atoms with E-state index in [0.29, 0.717) is 13.1 Å². The molecule has 1 fully saturated rings. The van der Waals surface area contributed by atoms with Crippen LogP contribution < -0.4 is 0 Å². The Balaban J connectivity index is 2.73. The number of rotatable bonds is 5. The Morgan fingerprint density at radius 2 is 1.81 bits per heavy atom. The molecule has 0 spiro atoms. The van der Waals surface area contributed by atoms with Crippen molar-refractivity contribution in [3.05, 3.63) is 0 Å². The molecule has 16 heavy (non-hydrogen) atoms. The number of hydrogen-bond donors (Lipinski definition) is 4. The highest BCUT2D eigenvalue weighted by Gasteiger charge is 2.47. The molecule has 96 valence electrons. The number of aliphatic hydroxyl groups is 4. The molecule has 5 atom stereocenters. The van der Waals surface area contributed by atoms with Gasteiger partial charge in [-0.05, 0) is 13.1 Å². The number of ether oxygens (including phenoxy) is 1. The molecule has 0 aliphatic carbocycles. The Bertz CT molecular complexity index is 211. The second-order valence-electron chi connectivity index (χ2n) is 3.94. The smallest absolute Gasteiger partial charge is 0.173 e. The SMILES string of the molecule is CCN(CC)[C@@H]1C(O)OC([C@H](O)CO)[C@@H]1O. The van der Waals surface area contributed by atoms with Crippen LogP contribution in [0.1, 0.15) is 13.8 Å². The van der Waals surface area contributed by atoms with Gasteiger partial charge in [-0.1, -0.05) is 13.8 Å². The fourth-order valence-electron chi connectivity index (χ4n) is 2.15. The van der Waals surface area contributed by atoms with Crippen molar-refractivity contribution in [2.45, 2.75) is 44.5 Å². The van der Waals surface area contributed by atoms with Gasteiger partial charge >= 0.3 is 0 Å². The average Bonchev–Trinajstić information content (AvgIpc) is 2.57. The van der Waals surface area contributed by atoms with E-state index in [1.165, 1.54) is 0 Å². The minimum atomic E-state index is -1.18. The lowest BCUT2D eigenvalue weighted by molar-refractivity contribution is -0.144. The van der Waals surface area contributed by atoms with Gasteiger partial charge in [0.05, 0.1) is 12.6 Å². The summed E-state index contributed by atoms with van der Waals surface area (Å²) in [5.41, 5.74) is 0. The highest BCUT2D eigenvalue weighted by molar-refractivity contribution is 4.95. The highest BCUT2D eigenvalue weighted by atomic mass is 16.6. The summed E-state index contributed by atoms with van der Waals surface area (Å²) in [6.45, 7) is 4.66. The lowest BCUT2D eigenvalue weighted by Gasteiger charge is -2.30. The van der Waals surface area contributed by atoms with E-state index >= 15 is 0 Å². The maximum Gasteiger partial charge on any atom is 0.173 e. The van der Waals surface area contributed by atoms with E-state index < -0.39 is 37.3 Å². The van der Waals surface area contributed by atoms with E-state index in [0.717, 1.165) is 0 Å². The van der Waals surface area contributed by atoms with Crippen LogP contribution in [0.5, 0.6) is 0 Å². The first-order valence-corrected chi connectivity index (χ1v) is 5.61. The maximum absolute atomic E-state index is 9.96. The molecule has 0 aromatic carbocycles. The average molecular weight is 235 g/mol. The van der Waals surface area contributed by atoms with Crippen molar-refractivity contribution in [1.82, 2.24) is 4.90 Å². The van der Waals surface area contributed by atoms with Gasteiger partial charge in [0.1, 0.15) is 18.3 Å². The lowest BCUT2D eigenvalue weighted by atomic mass is 10.0. The molecule has 0 saturated carbocycles. The highest BCUT2D eigenvalue weighted by Crippen LogP contribution is 2.26. The molecule has 6 nitrogen and oxygen atoms in total. The molecular weight excluding hydrogens is 214 g/mol. The first kappa shape index (κ1) is 13.8. The fraction of sp³-hybridized carbons (Fsp3) is 1.00. The quantitative estimate of drug-likeness (QED) is 0.446. The minimum Gasteiger partial charge on any atom is -0.394 e. The van der Waals surface area contributed by atoms with Crippen LogP contribution in [0.4, 0.5) is 0 Å². The molecule has 1 rings (SSSR count). The van der Waals surface area contributed by atoms with Crippen LogP contribution >= 0.6 is 0 Å². The van der Waals surface area contributed by atoms with Crippen LogP contribution in [0.2, 0.25) is 0 Å². The third-order valence-corrected chi connectivity index (χ3v) is 3.08. The van der Waals surface area contributed by atoms with E-state index in [9.17, 15) is 15.3 Å². The van der Waals surface area contributed by atoms with Crippen LogP contribution in [-0.2, 0) is 4.74 Å². The van der Waals surface area contributed by atoms with Gasteiger partial charge in [-0.25, -0.2) is 0 Å². The summed E-state index contributed by atoms with van der Waals surface area (Å²) in [5.74, 6) is 0. The number of hydrogen-bond acceptors (Lipinski definition) is 6. The van der Waals surface area contributed by atoms with Crippen LogP contribution in [0.25, 0.3) is 0 Å². The predicted molar refractivity (Wildman–Crippen MR) is 56.7 cm³/mol. The summed E-state index contributed by atoms with van der Waals surface area (Å²) in [6, 6.07) is -0.554. The van der Waals surface area contributed by atoms with Crippen LogP contribution in [0.3, 0.4) is 0 Å². The van der Waals surface area contributed by atoms with Crippen molar-refractivity contribution in [3.8, 4) is 0 Å². The largest absolute Gasteiger partial charge is 0.394 e. The first-order valence-electron chi connectivity index (χ1n) is 5.61. The van der Waals surface area contributed by atoms with Crippen molar-refractivity contribution in [3.63, 3.8) is 0 Å². The molecule has 6 heteroatoms. The van der Waals surface area contributed by atoms with Crippen LogP contribution in [-0.4, -0.2) is 75.7 Å². The Morgan fingerprint density at radius 1 is 1.25 bits per heavy atom. The Labute approximate surface area is 95.1 Å². The van der Waals surface area contributed by atoms with Gasteiger partial charge in [0.25, 0.3) is 0 Å². The number of aliphatic hydroxyl groups excluding tert-OH is 4. The summed E-state index contributed by atoms with van der Waals surface area (Å²) in [6.07, 6.45) is -4.26. The minimum absolute atomic E-state index is 0.501. The summed E-state index contributed by atoms with van der Waals surface area (Å²) >= 11 is 0. The van der Waals surface area contributed by atoms with Gasteiger partial charge in [-0.3, -0.25) is 4.90 Å². The standard InChI is InChI=1S/C10H21NO5/c1-3-11(4-2)7-8(14)9(6(13)5-12)16-10(7)15/h6-10,12-15H,3-5H2,1-2H3/t6-,7+,8-,9?,10?/m1/s1. The summed E-state index contributed by atoms with van der Waals surface area (Å²) < 4.78 is 5.08. The molecule has 0 aromatic rings. The van der Waals surface area contributed by atoms with Crippen molar-refractivity contribution in [2.24, 2.45) is 0 Å². The number of likely N-dealkylation sites (N-methyl/N-ethyl adjacent to an activating group) is 1. The van der Waals surface area contributed by atoms with Gasteiger partial charge in [0.15, 0.2) is 6.29 Å². The summed E-state index contributed by atoms with van der Waals surface area (Å²) in [7, 11) is 0. The molecule has 0 radical (unpaired) electrons. The molecule has 4 N–H and O–H groups in total. The monoisotopic (exact) mass is 235 g/mol. The summed E-state index contributed by atoms with van der Waals surface area (Å²) in [5, 5.41) is 37.9. The molecule has 1 aliphatic rings. The molecule has 1 aliphatic heterocycles. The van der Waals surface area contributed by atoms with E-state index in [-0.39, 0.29) is 0 Å². The van der Waals surface area contributed by atoms with E-state index in [1.807, 2.05) is 18.7 Å². The maximum atomic E-state index is 9.96. The first-order chi connectivity index (χ1) is 7.56. The second kappa shape index (κ2) is 5.90. The van der Waals surface area contributed by atoms with Crippen LogP contribution in [0, 0.1) is 0 Å². The third-order valence-electron chi connectivity index (χ3n) is 3.08. The molecule has 0 bridgehead atoms. The van der Waals surface area contributed by atoms with Gasteiger partial charge in [0, 0.05) is 0 Å². The lowest BCUT2D eigenvalue weighted by Crippen LogP contribution is -2.49. The Morgan fingerprint density at radius 3 is 2.25 bits per heavy atom. The molecule has 1 heterocycles.